The lowest BCUT2D eigenvalue weighted by Crippen LogP contribution is -3.14. The first-order valence-electron chi connectivity index (χ1n) is 10.6. The van der Waals surface area contributed by atoms with Crippen molar-refractivity contribution in [1.82, 2.24) is 9.88 Å². The van der Waals surface area contributed by atoms with Gasteiger partial charge >= 0.3 is 0 Å². The van der Waals surface area contributed by atoms with E-state index < -0.39 is 0 Å². The highest BCUT2D eigenvalue weighted by atomic mass is 32.1. The van der Waals surface area contributed by atoms with Crippen LogP contribution in [-0.4, -0.2) is 42.5 Å². The van der Waals surface area contributed by atoms with E-state index in [1.807, 2.05) is 30.1 Å². The van der Waals surface area contributed by atoms with Gasteiger partial charge in [-0.3, -0.25) is 4.79 Å². The minimum Gasteiger partial charge on any atom is -0.332 e. The standard InChI is InChI=1S/C24H29N3OS/c1-18(24-25-21-10-6-7-11-22(21)29-24)26(2)23(28)17-27-14-12-20(13-15-27)16-19-8-4-3-5-9-19/h3-11,18,20H,12-17H2,1-2H3/p+1/t18-/m1/s1. The summed E-state index contributed by atoms with van der Waals surface area (Å²) in [6.07, 6.45) is 3.57. The van der Waals surface area contributed by atoms with Crippen LogP contribution in [-0.2, 0) is 11.2 Å². The molecule has 0 unspecified atom stereocenters. The second kappa shape index (κ2) is 9.06. The highest BCUT2D eigenvalue weighted by Gasteiger charge is 2.27. The molecule has 3 aromatic rings. The van der Waals surface area contributed by atoms with E-state index in [4.69, 9.17) is 4.98 Å². The van der Waals surface area contributed by atoms with Crippen molar-refractivity contribution in [1.29, 1.82) is 0 Å². The van der Waals surface area contributed by atoms with E-state index in [2.05, 4.69) is 43.3 Å². The van der Waals surface area contributed by atoms with Gasteiger partial charge in [-0.2, -0.15) is 0 Å². The van der Waals surface area contributed by atoms with Crippen molar-refractivity contribution < 1.29 is 9.69 Å². The molecule has 1 amide bonds. The number of hydrogen-bond acceptors (Lipinski definition) is 3. The van der Waals surface area contributed by atoms with E-state index in [0.717, 1.165) is 36.0 Å². The molecule has 1 atom stereocenters. The largest absolute Gasteiger partial charge is 0.332 e. The maximum absolute atomic E-state index is 12.9. The molecule has 1 aliphatic heterocycles. The Morgan fingerprint density at radius 2 is 1.83 bits per heavy atom. The van der Waals surface area contributed by atoms with E-state index >= 15 is 0 Å². The monoisotopic (exact) mass is 408 g/mol. The van der Waals surface area contributed by atoms with Gasteiger partial charge in [-0.05, 0) is 49.8 Å². The van der Waals surface area contributed by atoms with Crippen LogP contribution in [0.25, 0.3) is 10.2 Å². The molecule has 1 saturated heterocycles. The lowest BCUT2D eigenvalue weighted by Gasteiger charge is -2.31. The number of carbonyl (C=O) groups is 1. The summed E-state index contributed by atoms with van der Waals surface area (Å²) in [6, 6.07) is 19.0. The summed E-state index contributed by atoms with van der Waals surface area (Å²) in [4.78, 5) is 20.9. The average molecular weight is 409 g/mol. The lowest BCUT2D eigenvalue weighted by molar-refractivity contribution is -0.898. The number of benzene rings is 2. The number of amides is 1. The minimum absolute atomic E-state index is 0.00918. The molecule has 1 N–H and O–H groups in total. The van der Waals surface area contributed by atoms with Crippen molar-refractivity contribution in [3.63, 3.8) is 0 Å². The molecule has 0 saturated carbocycles. The first kappa shape index (κ1) is 20.0. The van der Waals surface area contributed by atoms with Gasteiger partial charge in [0.1, 0.15) is 5.01 Å². The zero-order chi connectivity index (χ0) is 20.2. The number of aromatic nitrogens is 1. The fourth-order valence-corrected chi connectivity index (χ4v) is 5.27. The molecule has 152 valence electrons. The van der Waals surface area contributed by atoms with Gasteiger partial charge in [0.2, 0.25) is 0 Å². The van der Waals surface area contributed by atoms with Crippen LogP contribution in [0.2, 0.25) is 0 Å². The van der Waals surface area contributed by atoms with Gasteiger partial charge in [-0.1, -0.05) is 42.5 Å². The summed E-state index contributed by atoms with van der Waals surface area (Å²) >= 11 is 1.69. The molecular formula is C24H30N3OS+. The number of carbonyl (C=O) groups excluding carboxylic acids is 1. The fraction of sp³-hybridized carbons (Fsp3) is 0.417. The molecule has 1 fully saturated rings. The third-order valence-electron chi connectivity index (χ3n) is 6.22. The normalized spacial score (nSPS) is 20.5. The summed E-state index contributed by atoms with van der Waals surface area (Å²) in [7, 11) is 1.92. The Labute approximate surface area is 177 Å². The van der Waals surface area contributed by atoms with Crippen molar-refractivity contribution in [2.45, 2.75) is 32.2 Å². The molecule has 0 spiro atoms. The van der Waals surface area contributed by atoms with Gasteiger partial charge in [0.25, 0.3) is 5.91 Å². The van der Waals surface area contributed by atoms with Crippen LogP contribution in [0.5, 0.6) is 0 Å². The maximum Gasteiger partial charge on any atom is 0.278 e. The SMILES string of the molecule is C[C@H](c1nc2ccccc2s1)N(C)C(=O)C[NH+]1CCC(Cc2ccccc2)CC1. The molecule has 4 rings (SSSR count). The number of nitrogens with zero attached hydrogens (tertiary/aromatic N) is 2. The summed E-state index contributed by atoms with van der Waals surface area (Å²) in [6.45, 7) is 4.85. The van der Waals surface area contributed by atoms with E-state index in [1.54, 1.807) is 11.3 Å². The van der Waals surface area contributed by atoms with Crippen molar-refractivity contribution in [2.24, 2.45) is 5.92 Å². The van der Waals surface area contributed by atoms with Gasteiger partial charge in [0.15, 0.2) is 6.54 Å². The van der Waals surface area contributed by atoms with Crippen LogP contribution < -0.4 is 4.90 Å². The number of nitrogens with one attached hydrogen (secondary N) is 1. The Kier molecular flexibility index (Phi) is 6.26. The summed E-state index contributed by atoms with van der Waals surface area (Å²) in [5, 5.41) is 1.01. The summed E-state index contributed by atoms with van der Waals surface area (Å²) < 4.78 is 1.18. The van der Waals surface area contributed by atoms with Crippen molar-refractivity contribution in [2.75, 3.05) is 26.7 Å². The Balaban J connectivity index is 1.29. The predicted octanol–water partition coefficient (Wildman–Crippen LogP) is 3.35. The topological polar surface area (TPSA) is 37.6 Å². The second-order valence-corrected chi connectivity index (χ2v) is 9.32. The van der Waals surface area contributed by atoms with Crippen LogP contribution in [0.1, 0.15) is 36.4 Å². The minimum atomic E-state index is 0.00918. The van der Waals surface area contributed by atoms with Gasteiger partial charge in [-0.15, -0.1) is 11.3 Å². The molecule has 2 aromatic carbocycles. The smallest absolute Gasteiger partial charge is 0.278 e. The first-order valence-corrected chi connectivity index (χ1v) is 11.4. The molecule has 29 heavy (non-hydrogen) atoms. The van der Waals surface area contributed by atoms with E-state index in [0.29, 0.717) is 6.54 Å². The van der Waals surface area contributed by atoms with Crippen molar-refractivity contribution in [3.8, 4) is 0 Å². The van der Waals surface area contributed by atoms with E-state index in [9.17, 15) is 4.79 Å². The van der Waals surface area contributed by atoms with Gasteiger partial charge in [0.05, 0.1) is 29.3 Å². The van der Waals surface area contributed by atoms with E-state index in [1.165, 1.54) is 28.0 Å². The Morgan fingerprint density at radius 3 is 2.55 bits per heavy atom. The number of thiazole rings is 1. The number of piperidine rings is 1. The molecule has 0 bridgehead atoms. The third-order valence-corrected chi connectivity index (χ3v) is 7.43. The number of rotatable bonds is 6. The summed E-state index contributed by atoms with van der Waals surface area (Å²) in [5.41, 5.74) is 2.45. The highest BCUT2D eigenvalue weighted by Crippen LogP contribution is 2.28. The van der Waals surface area contributed by atoms with Gasteiger partial charge in [0, 0.05) is 7.05 Å². The molecule has 0 aliphatic carbocycles. The van der Waals surface area contributed by atoms with Crippen LogP contribution in [0.15, 0.2) is 54.6 Å². The Hall–Kier alpha value is -2.24. The molecule has 1 aliphatic rings. The van der Waals surface area contributed by atoms with Crippen molar-refractivity contribution in [3.05, 3.63) is 65.2 Å². The van der Waals surface area contributed by atoms with Gasteiger partial charge < -0.3 is 9.80 Å². The number of likely N-dealkylation sites (tertiary alicyclic amines) is 1. The number of fused-ring (bicyclic) bond motifs is 1. The maximum atomic E-state index is 12.9. The molecular weight excluding hydrogens is 378 g/mol. The van der Waals surface area contributed by atoms with Crippen LogP contribution >= 0.6 is 11.3 Å². The second-order valence-electron chi connectivity index (χ2n) is 8.26. The van der Waals surface area contributed by atoms with Crippen LogP contribution in [0.4, 0.5) is 0 Å². The number of para-hydroxylation sites is 1. The quantitative estimate of drug-likeness (QED) is 0.679. The first-order chi connectivity index (χ1) is 14.1. The van der Waals surface area contributed by atoms with Gasteiger partial charge in [-0.25, -0.2) is 4.98 Å². The predicted molar refractivity (Wildman–Crippen MR) is 119 cm³/mol. The molecule has 4 nitrogen and oxygen atoms in total. The lowest BCUT2D eigenvalue weighted by atomic mass is 9.90. The average Bonchev–Trinajstić information content (AvgIpc) is 3.19. The fourth-order valence-electron chi connectivity index (χ4n) is 4.20. The highest BCUT2D eigenvalue weighted by molar-refractivity contribution is 7.18. The number of quaternary nitrogens is 1. The number of hydrogen-bond donors (Lipinski definition) is 1. The molecule has 0 radical (unpaired) electrons. The van der Waals surface area contributed by atoms with Crippen LogP contribution in [0.3, 0.4) is 0 Å². The zero-order valence-corrected chi connectivity index (χ0v) is 18.1. The number of likely N-dealkylation sites (N-methyl/N-ethyl adjacent to an activating group) is 1. The third kappa shape index (κ3) is 4.85. The van der Waals surface area contributed by atoms with Crippen LogP contribution in [0, 0.1) is 5.92 Å². The Bertz CT molecular complexity index is 914. The molecule has 2 heterocycles. The zero-order valence-electron chi connectivity index (χ0n) is 17.3. The van der Waals surface area contributed by atoms with E-state index in [-0.39, 0.29) is 11.9 Å². The van der Waals surface area contributed by atoms with Crippen molar-refractivity contribution >= 4 is 27.5 Å². The molecule has 5 heteroatoms. The molecule has 1 aromatic heterocycles. The summed E-state index contributed by atoms with van der Waals surface area (Å²) in [5.74, 6) is 0.962. The Morgan fingerprint density at radius 1 is 1.14 bits per heavy atom.